The van der Waals surface area contributed by atoms with Gasteiger partial charge in [0.05, 0.1) is 5.41 Å². The van der Waals surface area contributed by atoms with Crippen LogP contribution in [0.2, 0.25) is 0 Å². The van der Waals surface area contributed by atoms with E-state index in [1.807, 2.05) is 50.2 Å². The highest BCUT2D eigenvalue weighted by Crippen LogP contribution is 2.45. The molecule has 24 heavy (non-hydrogen) atoms. The van der Waals surface area contributed by atoms with Crippen LogP contribution < -0.4 is 0 Å². The second-order valence-corrected chi connectivity index (χ2v) is 7.04. The average Bonchev–Trinajstić information content (AvgIpc) is 2.60. The van der Waals surface area contributed by atoms with Gasteiger partial charge in [-0.25, -0.2) is 0 Å². The largest absolute Gasteiger partial charge is 0.426 e. The quantitative estimate of drug-likeness (QED) is 0.689. The zero-order chi connectivity index (χ0) is 17.2. The molecule has 0 radical (unpaired) electrons. The fourth-order valence-corrected chi connectivity index (χ4v) is 3.41. The van der Waals surface area contributed by atoms with E-state index < -0.39 is 5.41 Å². The molecule has 2 heteroatoms. The van der Waals surface area contributed by atoms with Crippen LogP contribution in [0.5, 0.6) is 0 Å². The minimum absolute atomic E-state index is 0.145. The van der Waals surface area contributed by atoms with Gasteiger partial charge in [0.15, 0.2) is 0 Å². The number of hydrogen-bond acceptors (Lipinski definition) is 2. The Morgan fingerprint density at radius 3 is 2.17 bits per heavy atom. The Balaban J connectivity index is 2.15. The summed E-state index contributed by atoms with van der Waals surface area (Å²) in [6.45, 7) is 6.13. The highest BCUT2D eigenvalue weighted by atomic mass is 16.5. The molecule has 0 saturated heterocycles. The molecule has 0 aliphatic carbocycles. The molecule has 2 nitrogen and oxygen atoms in total. The summed E-state index contributed by atoms with van der Waals surface area (Å²) < 4.78 is 5.85. The smallest absolute Gasteiger partial charge is 0.317 e. The third-order valence-corrected chi connectivity index (χ3v) is 4.74. The molecule has 0 spiro atoms. The lowest BCUT2D eigenvalue weighted by Gasteiger charge is -2.34. The summed E-state index contributed by atoms with van der Waals surface area (Å²) in [4.78, 5) is 12.4. The van der Waals surface area contributed by atoms with Gasteiger partial charge in [-0.15, -0.1) is 0 Å². The number of allylic oxidation sites excluding steroid dienone is 1. The van der Waals surface area contributed by atoms with Gasteiger partial charge in [-0.05, 0) is 37.8 Å². The van der Waals surface area contributed by atoms with Crippen molar-refractivity contribution in [2.45, 2.75) is 39.5 Å². The predicted molar refractivity (Wildman–Crippen MR) is 97.3 cm³/mol. The number of esters is 1. The molecule has 1 heterocycles. The first kappa shape index (κ1) is 16.5. The first-order chi connectivity index (χ1) is 11.5. The molecule has 3 rings (SSSR count). The van der Waals surface area contributed by atoms with Crippen LogP contribution in [0.25, 0.3) is 5.76 Å². The number of cyclic esters (lactones) is 1. The van der Waals surface area contributed by atoms with Crippen LogP contribution >= 0.6 is 0 Å². The Kier molecular flexibility index (Phi) is 4.57. The van der Waals surface area contributed by atoms with Gasteiger partial charge in [-0.1, -0.05) is 67.6 Å². The van der Waals surface area contributed by atoms with Gasteiger partial charge < -0.3 is 4.74 Å². The fourth-order valence-electron chi connectivity index (χ4n) is 3.41. The van der Waals surface area contributed by atoms with Crippen molar-refractivity contribution < 1.29 is 9.53 Å². The monoisotopic (exact) mass is 320 g/mol. The molecule has 0 bridgehead atoms. The highest BCUT2D eigenvalue weighted by Gasteiger charge is 2.39. The van der Waals surface area contributed by atoms with E-state index in [1.165, 1.54) is 11.1 Å². The van der Waals surface area contributed by atoms with E-state index >= 15 is 0 Å². The zero-order valence-corrected chi connectivity index (χ0v) is 14.6. The SMILES string of the molecule is CCC(C1=C(c2ccccc2)OC(=O)C(C)(C)C1)c1ccccc1. The van der Waals surface area contributed by atoms with E-state index in [0.29, 0.717) is 0 Å². The molecule has 2 aromatic rings. The summed E-state index contributed by atoms with van der Waals surface area (Å²) in [7, 11) is 0. The van der Waals surface area contributed by atoms with Gasteiger partial charge in [0, 0.05) is 11.5 Å². The summed E-state index contributed by atoms with van der Waals surface area (Å²) in [5.41, 5.74) is 2.98. The molecule has 1 unspecified atom stereocenters. The summed E-state index contributed by atoms with van der Waals surface area (Å²) in [5, 5.41) is 0. The molecule has 1 atom stereocenters. The van der Waals surface area contributed by atoms with Gasteiger partial charge in [0.25, 0.3) is 0 Å². The van der Waals surface area contributed by atoms with Crippen molar-refractivity contribution in [1.29, 1.82) is 0 Å². The van der Waals surface area contributed by atoms with Crippen LogP contribution in [0.15, 0.2) is 66.2 Å². The van der Waals surface area contributed by atoms with Crippen LogP contribution in [-0.4, -0.2) is 5.97 Å². The topological polar surface area (TPSA) is 26.3 Å². The minimum Gasteiger partial charge on any atom is -0.426 e. The standard InChI is InChI=1S/C22H24O2/c1-4-18(16-11-7-5-8-12-16)19-15-22(2,3)21(23)24-20(19)17-13-9-6-10-14-17/h5-14,18H,4,15H2,1-3H3. The lowest BCUT2D eigenvalue weighted by molar-refractivity contribution is -0.147. The summed E-state index contributed by atoms with van der Waals surface area (Å²) in [6, 6.07) is 20.5. The molecule has 0 saturated carbocycles. The van der Waals surface area contributed by atoms with Crippen molar-refractivity contribution in [3.63, 3.8) is 0 Å². The lowest BCUT2D eigenvalue weighted by atomic mass is 9.75. The molecule has 0 amide bonds. The van der Waals surface area contributed by atoms with E-state index in [1.54, 1.807) is 0 Å². The first-order valence-electron chi connectivity index (χ1n) is 8.58. The third kappa shape index (κ3) is 3.14. The molecule has 1 aliphatic heterocycles. The summed E-state index contributed by atoms with van der Waals surface area (Å²) >= 11 is 0. The van der Waals surface area contributed by atoms with Crippen molar-refractivity contribution >= 4 is 11.7 Å². The number of benzene rings is 2. The number of carbonyl (C=O) groups is 1. The van der Waals surface area contributed by atoms with Crippen molar-refractivity contribution in [3.8, 4) is 0 Å². The van der Waals surface area contributed by atoms with Crippen molar-refractivity contribution in [2.75, 3.05) is 0 Å². The van der Waals surface area contributed by atoms with Crippen LogP contribution in [0.4, 0.5) is 0 Å². The van der Waals surface area contributed by atoms with Gasteiger partial charge in [0.1, 0.15) is 5.76 Å². The van der Waals surface area contributed by atoms with Gasteiger partial charge in [-0.2, -0.15) is 0 Å². The summed E-state index contributed by atoms with van der Waals surface area (Å²) in [5.74, 6) is 0.859. The van der Waals surface area contributed by atoms with Crippen molar-refractivity contribution in [2.24, 2.45) is 5.41 Å². The van der Waals surface area contributed by atoms with Gasteiger partial charge in [0.2, 0.25) is 0 Å². The van der Waals surface area contributed by atoms with Crippen LogP contribution in [-0.2, 0) is 9.53 Å². The van der Waals surface area contributed by atoms with E-state index in [2.05, 4.69) is 31.2 Å². The van der Waals surface area contributed by atoms with Gasteiger partial charge >= 0.3 is 5.97 Å². The Morgan fingerprint density at radius 1 is 1.00 bits per heavy atom. The summed E-state index contributed by atoms with van der Waals surface area (Å²) in [6.07, 6.45) is 1.70. The lowest BCUT2D eigenvalue weighted by Crippen LogP contribution is -2.32. The average molecular weight is 320 g/mol. The predicted octanol–water partition coefficient (Wildman–Crippen LogP) is 5.56. The van der Waals surface area contributed by atoms with Crippen molar-refractivity contribution in [3.05, 3.63) is 77.4 Å². The normalized spacial score (nSPS) is 18.2. The van der Waals surface area contributed by atoms with Gasteiger partial charge in [-0.3, -0.25) is 4.79 Å². The Morgan fingerprint density at radius 2 is 1.58 bits per heavy atom. The zero-order valence-electron chi connectivity index (χ0n) is 14.6. The van der Waals surface area contributed by atoms with E-state index in [9.17, 15) is 4.79 Å². The minimum atomic E-state index is -0.490. The molecule has 0 fully saturated rings. The van der Waals surface area contributed by atoms with Crippen molar-refractivity contribution in [1.82, 2.24) is 0 Å². The molecule has 1 aliphatic rings. The Bertz CT molecular complexity index is 742. The molecule has 124 valence electrons. The number of carbonyl (C=O) groups excluding carboxylic acids is 1. The second-order valence-electron chi connectivity index (χ2n) is 7.04. The van der Waals surface area contributed by atoms with E-state index in [-0.39, 0.29) is 11.9 Å². The molecule has 0 N–H and O–H groups in total. The molecular formula is C22H24O2. The maximum Gasteiger partial charge on any atom is 0.317 e. The Hall–Kier alpha value is -2.35. The van der Waals surface area contributed by atoms with E-state index in [4.69, 9.17) is 4.74 Å². The maximum atomic E-state index is 12.4. The number of hydrogen-bond donors (Lipinski definition) is 0. The third-order valence-electron chi connectivity index (χ3n) is 4.74. The van der Waals surface area contributed by atoms with Crippen LogP contribution in [0.3, 0.4) is 0 Å². The van der Waals surface area contributed by atoms with Crippen LogP contribution in [0, 0.1) is 5.41 Å². The molecule has 2 aromatic carbocycles. The molecule has 0 aromatic heterocycles. The van der Waals surface area contributed by atoms with Crippen LogP contribution in [0.1, 0.15) is 50.7 Å². The number of ether oxygens (including phenoxy) is 1. The number of rotatable bonds is 4. The maximum absolute atomic E-state index is 12.4. The molecular weight excluding hydrogens is 296 g/mol. The fraction of sp³-hybridized carbons (Fsp3) is 0.318. The van der Waals surface area contributed by atoms with E-state index in [0.717, 1.165) is 24.2 Å². The first-order valence-corrected chi connectivity index (χ1v) is 8.58. The second kappa shape index (κ2) is 6.64. The Labute approximate surface area is 144 Å². The highest BCUT2D eigenvalue weighted by molar-refractivity contribution is 5.86.